The molecule has 4 aromatic carbocycles. The van der Waals surface area contributed by atoms with Crippen molar-refractivity contribution in [2.24, 2.45) is 0 Å². The first-order valence-electron chi connectivity index (χ1n) is 11.7. The van der Waals surface area contributed by atoms with Crippen LogP contribution in [0.2, 0.25) is 0 Å². The van der Waals surface area contributed by atoms with E-state index in [4.69, 9.17) is 0 Å². The molecule has 6 aromatic rings. The lowest BCUT2D eigenvalue weighted by Crippen LogP contribution is -1.88. The minimum Gasteiger partial charge on any atom is -0.236 e. The minimum atomic E-state index is 0.949. The number of benzene rings is 4. The van der Waals surface area contributed by atoms with Crippen LogP contribution in [0.5, 0.6) is 0 Å². The van der Waals surface area contributed by atoms with Gasteiger partial charge in [-0.2, -0.15) is 0 Å². The fourth-order valence-electron chi connectivity index (χ4n) is 3.78. The molecule has 0 amide bonds. The Morgan fingerprint density at radius 3 is 0.722 bits per heavy atom. The maximum atomic E-state index is 4.32. The van der Waals surface area contributed by atoms with Crippen LogP contribution in [0.1, 0.15) is 0 Å². The van der Waals surface area contributed by atoms with Crippen LogP contribution in [-0.2, 0) is 0 Å². The topological polar surface area (TPSA) is 51.6 Å². The quantitative estimate of drug-likeness (QED) is 0.269. The molecular weight excluding hydrogens is 440 g/mol. The number of nitrogens with zero attached hydrogens (tertiary/aromatic N) is 4. The Morgan fingerprint density at radius 2 is 0.500 bits per heavy atom. The Hall–Kier alpha value is -4.96. The predicted octanol–water partition coefficient (Wildman–Crippen LogP) is 7.62. The summed E-state index contributed by atoms with van der Waals surface area (Å²) in [5.41, 5.74) is 8.23. The summed E-state index contributed by atoms with van der Waals surface area (Å²) in [6.07, 6.45) is 3.23. The molecule has 4 heteroatoms. The Labute approximate surface area is 211 Å². The average molecular weight is 465 g/mol. The molecule has 0 fully saturated rings. The molecule has 172 valence electrons. The summed E-state index contributed by atoms with van der Waals surface area (Å²) < 4.78 is 0. The molecule has 0 radical (unpaired) electrons. The van der Waals surface area contributed by atoms with E-state index in [1.165, 1.54) is 0 Å². The van der Waals surface area contributed by atoms with E-state index in [1.54, 1.807) is 12.7 Å². The SMILES string of the molecule is c1ccc(-c2cc(-c3ccccc3)ncn2)cc1.c1ccc(-c2cc(-c3ccccc3)ncn2)cc1. The maximum absolute atomic E-state index is 4.32. The smallest absolute Gasteiger partial charge is 0.116 e. The van der Waals surface area contributed by atoms with Gasteiger partial charge in [-0.15, -0.1) is 0 Å². The molecule has 0 aliphatic carbocycles. The van der Waals surface area contributed by atoms with Gasteiger partial charge in [0.2, 0.25) is 0 Å². The normalized spacial score (nSPS) is 10.2. The molecule has 2 aromatic heterocycles. The Morgan fingerprint density at radius 1 is 0.278 bits per heavy atom. The average Bonchev–Trinajstić information content (AvgIpc) is 2.99. The Kier molecular flexibility index (Phi) is 7.26. The zero-order chi connectivity index (χ0) is 24.4. The van der Waals surface area contributed by atoms with Gasteiger partial charge in [-0.1, -0.05) is 121 Å². The van der Waals surface area contributed by atoms with Crippen molar-refractivity contribution in [2.75, 3.05) is 0 Å². The first kappa shape index (κ1) is 22.8. The van der Waals surface area contributed by atoms with Crippen LogP contribution in [0.25, 0.3) is 45.0 Å². The van der Waals surface area contributed by atoms with Crippen LogP contribution in [0.3, 0.4) is 0 Å². The summed E-state index contributed by atoms with van der Waals surface area (Å²) in [6.45, 7) is 0. The molecule has 0 saturated carbocycles. The highest BCUT2D eigenvalue weighted by Gasteiger charge is 2.04. The van der Waals surface area contributed by atoms with Gasteiger partial charge in [0.05, 0.1) is 22.8 Å². The molecule has 6 rings (SSSR count). The lowest BCUT2D eigenvalue weighted by atomic mass is 10.1. The van der Waals surface area contributed by atoms with Crippen molar-refractivity contribution in [2.45, 2.75) is 0 Å². The van der Waals surface area contributed by atoms with Crippen molar-refractivity contribution in [1.29, 1.82) is 0 Å². The largest absolute Gasteiger partial charge is 0.236 e. The number of rotatable bonds is 4. The monoisotopic (exact) mass is 464 g/mol. The zero-order valence-electron chi connectivity index (χ0n) is 19.6. The van der Waals surface area contributed by atoms with E-state index in [-0.39, 0.29) is 0 Å². The first-order valence-corrected chi connectivity index (χ1v) is 11.7. The fourth-order valence-corrected chi connectivity index (χ4v) is 3.78. The molecule has 0 spiro atoms. The lowest BCUT2D eigenvalue weighted by molar-refractivity contribution is 1.18. The summed E-state index contributed by atoms with van der Waals surface area (Å²) in [5.74, 6) is 0. The molecule has 0 unspecified atom stereocenters. The van der Waals surface area contributed by atoms with Gasteiger partial charge in [-0.05, 0) is 12.1 Å². The standard InChI is InChI=1S/2C16H12N2/c2*1-3-7-13(8-4-1)15-11-16(18-12-17-15)14-9-5-2-6-10-14/h2*1-12H. The highest BCUT2D eigenvalue weighted by Crippen LogP contribution is 2.23. The van der Waals surface area contributed by atoms with Crippen molar-refractivity contribution >= 4 is 0 Å². The van der Waals surface area contributed by atoms with E-state index in [0.29, 0.717) is 0 Å². The van der Waals surface area contributed by atoms with E-state index in [0.717, 1.165) is 45.0 Å². The molecular formula is C32H24N4. The molecule has 0 aliphatic heterocycles. The second-order valence-electron chi connectivity index (χ2n) is 8.04. The summed E-state index contributed by atoms with van der Waals surface area (Å²) in [7, 11) is 0. The summed E-state index contributed by atoms with van der Waals surface area (Å²) in [5, 5.41) is 0. The van der Waals surface area contributed by atoms with Crippen molar-refractivity contribution in [3.63, 3.8) is 0 Å². The van der Waals surface area contributed by atoms with Crippen LogP contribution in [-0.4, -0.2) is 19.9 Å². The molecule has 36 heavy (non-hydrogen) atoms. The molecule has 0 N–H and O–H groups in total. The molecule has 0 aliphatic rings. The van der Waals surface area contributed by atoms with Crippen LogP contribution in [0.4, 0.5) is 0 Å². The van der Waals surface area contributed by atoms with Crippen LogP contribution in [0.15, 0.2) is 146 Å². The van der Waals surface area contributed by atoms with Gasteiger partial charge in [-0.3, -0.25) is 0 Å². The van der Waals surface area contributed by atoms with E-state index in [2.05, 4.69) is 68.5 Å². The van der Waals surface area contributed by atoms with E-state index in [1.807, 2.05) is 84.9 Å². The maximum Gasteiger partial charge on any atom is 0.116 e. The van der Waals surface area contributed by atoms with Gasteiger partial charge in [0.1, 0.15) is 12.7 Å². The van der Waals surface area contributed by atoms with Crippen LogP contribution < -0.4 is 0 Å². The number of hydrogen-bond acceptors (Lipinski definition) is 4. The van der Waals surface area contributed by atoms with E-state index >= 15 is 0 Å². The lowest BCUT2D eigenvalue weighted by Gasteiger charge is -2.03. The summed E-state index contributed by atoms with van der Waals surface area (Å²) in [6, 6.07) is 44.6. The Bertz CT molecular complexity index is 1280. The van der Waals surface area contributed by atoms with Gasteiger partial charge in [-0.25, -0.2) is 19.9 Å². The van der Waals surface area contributed by atoms with Gasteiger partial charge in [0, 0.05) is 22.3 Å². The van der Waals surface area contributed by atoms with E-state index in [9.17, 15) is 0 Å². The molecule has 2 heterocycles. The van der Waals surface area contributed by atoms with Gasteiger partial charge < -0.3 is 0 Å². The third-order valence-corrected chi connectivity index (χ3v) is 5.61. The van der Waals surface area contributed by atoms with Crippen molar-refractivity contribution < 1.29 is 0 Å². The molecule has 0 bridgehead atoms. The minimum absolute atomic E-state index is 0.949. The summed E-state index contributed by atoms with van der Waals surface area (Å²) >= 11 is 0. The number of hydrogen-bond donors (Lipinski definition) is 0. The van der Waals surface area contributed by atoms with Crippen molar-refractivity contribution in [1.82, 2.24) is 19.9 Å². The molecule has 4 nitrogen and oxygen atoms in total. The van der Waals surface area contributed by atoms with Gasteiger partial charge in [0.25, 0.3) is 0 Å². The predicted molar refractivity (Wildman–Crippen MR) is 146 cm³/mol. The highest BCUT2D eigenvalue weighted by atomic mass is 14.8. The Balaban J connectivity index is 0.000000148. The first-order chi connectivity index (χ1) is 17.9. The summed E-state index contributed by atoms with van der Waals surface area (Å²) in [4.78, 5) is 17.3. The fraction of sp³-hybridized carbons (Fsp3) is 0. The van der Waals surface area contributed by atoms with Crippen molar-refractivity contribution in [3.05, 3.63) is 146 Å². The zero-order valence-corrected chi connectivity index (χ0v) is 19.6. The van der Waals surface area contributed by atoms with Crippen LogP contribution in [0, 0.1) is 0 Å². The second kappa shape index (κ2) is 11.4. The van der Waals surface area contributed by atoms with E-state index < -0.39 is 0 Å². The molecule has 0 saturated heterocycles. The van der Waals surface area contributed by atoms with Crippen LogP contribution >= 0.6 is 0 Å². The van der Waals surface area contributed by atoms with Gasteiger partial charge in [0.15, 0.2) is 0 Å². The highest BCUT2D eigenvalue weighted by molar-refractivity contribution is 5.68. The third-order valence-electron chi connectivity index (χ3n) is 5.61. The third kappa shape index (κ3) is 5.75. The second-order valence-corrected chi connectivity index (χ2v) is 8.04. The van der Waals surface area contributed by atoms with Gasteiger partial charge >= 0.3 is 0 Å². The molecule has 0 atom stereocenters. The van der Waals surface area contributed by atoms with Crippen molar-refractivity contribution in [3.8, 4) is 45.0 Å². The number of aromatic nitrogens is 4.